The molecule has 1 unspecified atom stereocenters. The van der Waals surface area contributed by atoms with Gasteiger partial charge < -0.3 is 10.6 Å². The molecule has 1 aliphatic heterocycles. The van der Waals surface area contributed by atoms with Gasteiger partial charge in [0.1, 0.15) is 0 Å². The lowest BCUT2D eigenvalue weighted by Crippen LogP contribution is -2.36. The van der Waals surface area contributed by atoms with Gasteiger partial charge in [0.15, 0.2) is 0 Å². The van der Waals surface area contributed by atoms with Crippen LogP contribution in [0.1, 0.15) is 45.4 Å². The van der Waals surface area contributed by atoms with Gasteiger partial charge in [0.2, 0.25) is 0 Å². The minimum absolute atomic E-state index is 0.569. The van der Waals surface area contributed by atoms with Gasteiger partial charge in [0, 0.05) is 13.1 Å². The van der Waals surface area contributed by atoms with Gasteiger partial charge in [-0.25, -0.2) is 0 Å². The van der Waals surface area contributed by atoms with E-state index in [9.17, 15) is 0 Å². The van der Waals surface area contributed by atoms with E-state index in [2.05, 4.69) is 17.6 Å². The average molecular weight is 210 g/mol. The standard InChI is InChI=1S/C13H26N2/c1-2-13(7-9-15-11-13)10-14-8-6-12-4-3-5-12/h12,14-15H,2-11H2,1H3. The summed E-state index contributed by atoms with van der Waals surface area (Å²) in [6.07, 6.45) is 8.54. The van der Waals surface area contributed by atoms with Gasteiger partial charge in [-0.2, -0.15) is 0 Å². The van der Waals surface area contributed by atoms with Gasteiger partial charge in [-0.05, 0) is 43.7 Å². The van der Waals surface area contributed by atoms with Crippen molar-refractivity contribution in [2.45, 2.75) is 45.4 Å². The summed E-state index contributed by atoms with van der Waals surface area (Å²) >= 11 is 0. The molecule has 1 aliphatic carbocycles. The lowest BCUT2D eigenvalue weighted by atomic mass is 9.82. The third-order valence-corrected chi connectivity index (χ3v) is 4.54. The summed E-state index contributed by atoms with van der Waals surface area (Å²) in [5.74, 6) is 1.05. The third kappa shape index (κ3) is 2.94. The Labute approximate surface area is 94.2 Å². The first kappa shape index (κ1) is 11.4. The van der Waals surface area contributed by atoms with Gasteiger partial charge in [-0.15, -0.1) is 0 Å². The van der Waals surface area contributed by atoms with Crippen LogP contribution in [-0.4, -0.2) is 26.2 Å². The van der Waals surface area contributed by atoms with Gasteiger partial charge in [-0.3, -0.25) is 0 Å². The highest BCUT2D eigenvalue weighted by atomic mass is 15.0. The molecule has 0 spiro atoms. The Morgan fingerprint density at radius 1 is 1.40 bits per heavy atom. The molecule has 15 heavy (non-hydrogen) atoms. The topological polar surface area (TPSA) is 24.1 Å². The van der Waals surface area contributed by atoms with Crippen LogP contribution in [0.3, 0.4) is 0 Å². The number of rotatable bonds is 6. The molecule has 2 heteroatoms. The molecule has 0 radical (unpaired) electrons. The summed E-state index contributed by atoms with van der Waals surface area (Å²) in [5.41, 5.74) is 0.569. The van der Waals surface area contributed by atoms with Gasteiger partial charge in [0.25, 0.3) is 0 Å². The minimum Gasteiger partial charge on any atom is -0.316 e. The smallest absolute Gasteiger partial charge is 0.00204 e. The quantitative estimate of drug-likeness (QED) is 0.657. The third-order valence-electron chi connectivity index (χ3n) is 4.54. The van der Waals surface area contributed by atoms with Gasteiger partial charge in [0.05, 0.1) is 0 Å². The molecular weight excluding hydrogens is 184 g/mol. The highest BCUT2D eigenvalue weighted by Gasteiger charge is 2.31. The van der Waals surface area contributed by atoms with E-state index >= 15 is 0 Å². The summed E-state index contributed by atoms with van der Waals surface area (Å²) in [5, 5.41) is 7.17. The molecule has 0 bridgehead atoms. The van der Waals surface area contributed by atoms with E-state index < -0.39 is 0 Å². The number of hydrogen-bond donors (Lipinski definition) is 2. The lowest BCUT2D eigenvalue weighted by Gasteiger charge is -2.29. The lowest BCUT2D eigenvalue weighted by molar-refractivity contribution is 0.263. The Bertz CT molecular complexity index is 181. The predicted octanol–water partition coefficient (Wildman–Crippen LogP) is 2.16. The van der Waals surface area contributed by atoms with Crippen molar-refractivity contribution in [2.75, 3.05) is 26.2 Å². The van der Waals surface area contributed by atoms with E-state index in [0.717, 1.165) is 5.92 Å². The first-order valence-corrected chi connectivity index (χ1v) is 6.76. The molecule has 0 aromatic rings. The Morgan fingerprint density at radius 2 is 2.27 bits per heavy atom. The Kier molecular flexibility index (Phi) is 4.04. The van der Waals surface area contributed by atoms with E-state index in [1.165, 1.54) is 64.7 Å². The zero-order valence-electron chi connectivity index (χ0n) is 10.1. The maximum absolute atomic E-state index is 3.68. The zero-order valence-corrected chi connectivity index (χ0v) is 10.1. The predicted molar refractivity (Wildman–Crippen MR) is 65.0 cm³/mol. The van der Waals surface area contributed by atoms with Crippen molar-refractivity contribution in [2.24, 2.45) is 11.3 Å². The van der Waals surface area contributed by atoms with Crippen LogP contribution in [0.5, 0.6) is 0 Å². The van der Waals surface area contributed by atoms with Crippen LogP contribution >= 0.6 is 0 Å². The molecule has 2 fully saturated rings. The van der Waals surface area contributed by atoms with Crippen LogP contribution in [0.2, 0.25) is 0 Å². The summed E-state index contributed by atoms with van der Waals surface area (Å²) in [7, 11) is 0. The van der Waals surface area contributed by atoms with Crippen LogP contribution in [-0.2, 0) is 0 Å². The Morgan fingerprint density at radius 3 is 2.80 bits per heavy atom. The Balaban J connectivity index is 1.58. The molecule has 2 aliphatic rings. The molecule has 2 rings (SSSR count). The maximum Gasteiger partial charge on any atom is 0.00204 e. The molecule has 0 amide bonds. The molecule has 88 valence electrons. The molecule has 1 saturated heterocycles. The van der Waals surface area contributed by atoms with E-state index in [1.807, 2.05) is 0 Å². The molecule has 1 heterocycles. The molecule has 0 aromatic carbocycles. The van der Waals surface area contributed by atoms with Gasteiger partial charge >= 0.3 is 0 Å². The molecule has 2 nitrogen and oxygen atoms in total. The fourth-order valence-corrected chi connectivity index (χ4v) is 2.81. The molecule has 2 N–H and O–H groups in total. The zero-order chi connectivity index (χ0) is 10.6. The summed E-state index contributed by atoms with van der Waals surface area (Å²) in [6, 6.07) is 0. The van der Waals surface area contributed by atoms with Crippen LogP contribution in [0.4, 0.5) is 0 Å². The van der Waals surface area contributed by atoms with Crippen LogP contribution in [0, 0.1) is 11.3 Å². The van der Waals surface area contributed by atoms with Crippen molar-refractivity contribution in [1.29, 1.82) is 0 Å². The van der Waals surface area contributed by atoms with Crippen LogP contribution < -0.4 is 10.6 Å². The van der Waals surface area contributed by atoms with E-state index in [0.29, 0.717) is 5.41 Å². The molecule has 1 saturated carbocycles. The van der Waals surface area contributed by atoms with Gasteiger partial charge in [-0.1, -0.05) is 26.2 Å². The second-order valence-corrected chi connectivity index (χ2v) is 5.54. The van der Waals surface area contributed by atoms with Crippen LogP contribution in [0.15, 0.2) is 0 Å². The summed E-state index contributed by atoms with van der Waals surface area (Å²) in [4.78, 5) is 0. The van der Waals surface area contributed by atoms with Crippen molar-refractivity contribution in [3.8, 4) is 0 Å². The average Bonchev–Trinajstić information content (AvgIpc) is 2.64. The first-order valence-electron chi connectivity index (χ1n) is 6.76. The fraction of sp³-hybridized carbons (Fsp3) is 1.00. The fourth-order valence-electron chi connectivity index (χ4n) is 2.81. The van der Waals surface area contributed by atoms with E-state index in [4.69, 9.17) is 0 Å². The van der Waals surface area contributed by atoms with Crippen LogP contribution in [0.25, 0.3) is 0 Å². The van der Waals surface area contributed by atoms with Crippen molar-refractivity contribution in [3.63, 3.8) is 0 Å². The minimum atomic E-state index is 0.569. The molecule has 1 atom stereocenters. The second kappa shape index (κ2) is 5.31. The van der Waals surface area contributed by atoms with E-state index in [1.54, 1.807) is 0 Å². The Hall–Kier alpha value is -0.0800. The SMILES string of the molecule is CCC1(CNCCC2CCC2)CCNC1. The summed E-state index contributed by atoms with van der Waals surface area (Å²) in [6.45, 7) is 7.24. The van der Waals surface area contributed by atoms with Crippen molar-refractivity contribution in [1.82, 2.24) is 10.6 Å². The van der Waals surface area contributed by atoms with Crippen molar-refractivity contribution >= 4 is 0 Å². The highest BCUT2D eigenvalue weighted by Crippen LogP contribution is 2.30. The monoisotopic (exact) mass is 210 g/mol. The first-order chi connectivity index (χ1) is 7.35. The highest BCUT2D eigenvalue weighted by molar-refractivity contribution is 4.88. The van der Waals surface area contributed by atoms with Crippen molar-refractivity contribution < 1.29 is 0 Å². The van der Waals surface area contributed by atoms with Crippen molar-refractivity contribution in [3.05, 3.63) is 0 Å². The second-order valence-electron chi connectivity index (χ2n) is 5.54. The maximum atomic E-state index is 3.68. The normalized spacial score (nSPS) is 31.8. The molecular formula is C13H26N2. The molecule has 0 aromatic heterocycles. The number of hydrogen-bond acceptors (Lipinski definition) is 2. The van der Waals surface area contributed by atoms with E-state index in [-0.39, 0.29) is 0 Å². The summed E-state index contributed by atoms with van der Waals surface area (Å²) < 4.78 is 0. The largest absolute Gasteiger partial charge is 0.316 e. The number of nitrogens with one attached hydrogen (secondary N) is 2.